The third-order valence-corrected chi connectivity index (χ3v) is 6.70. The second kappa shape index (κ2) is 10.6. The van der Waals surface area contributed by atoms with Crippen molar-refractivity contribution < 1.29 is 9.59 Å². The highest BCUT2D eigenvalue weighted by atomic mass is 79.9. The van der Waals surface area contributed by atoms with Gasteiger partial charge in [0.25, 0.3) is 5.91 Å². The molecular weight excluding hydrogens is 430 g/mol. The molecule has 2 amide bonds. The second-order valence-electron chi connectivity index (χ2n) is 8.80. The van der Waals surface area contributed by atoms with Crippen LogP contribution in [0, 0.1) is 11.8 Å². The Bertz CT molecular complexity index is 695. The summed E-state index contributed by atoms with van der Waals surface area (Å²) in [4.78, 5) is 30.1. The first-order chi connectivity index (χ1) is 14.0. The monoisotopic (exact) mass is 463 g/mol. The van der Waals surface area contributed by atoms with E-state index in [9.17, 15) is 9.59 Å². The van der Waals surface area contributed by atoms with E-state index in [2.05, 4.69) is 40.0 Å². The molecule has 6 heteroatoms. The van der Waals surface area contributed by atoms with Gasteiger partial charge in [-0.15, -0.1) is 0 Å². The molecule has 0 aromatic heterocycles. The largest absolute Gasteiger partial charge is 0.355 e. The first-order valence-corrected chi connectivity index (χ1v) is 11.8. The van der Waals surface area contributed by atoms with Crippen molar-refractivity contribution in [1.82, 2.24) is 15.1 Å². The first kappa shape index (κ1) is 22.3. The van der Waals surface area contributed by atoms with E-state index in [0.29, 0.717) is 30.5 Å². The summed E-state index contributed by atoms with van der Waals surface area (Å²) < 4.78 is 0.918. The molecular formula is C23H34BrN3O2. The van der Waals surface area contributed by atoms with Gasteiger partial charge < -0.3 is 10.2 Å². The van der Waals surface area contributed by atoms with E-state index in [0.717, 1.165) is 43.4 Å². The van der Waals surface area contributed by atoms with Gasteiger partial charge in [-0.05, 0) is 49.3 Å². The van der Waals surface area contributed by atoms with E-state index in [-0.39, 0.29) is 17.9 Å². The molecule has 5 nitrogen and oxygen atoms in total. The first-order valence-electron chi connectivity index (χ1n) is 11.0. The van der Waals surface area contributed by atoms with Crippen molar-refractivity contribution >= 4 is 27.7 Å². The Kier molecular flexibility index (Phi) is 8.13. The zero-order valence-corrected chi connectivity index (χ0v) is 19.3. The molecule has 0 unspecified atom stereocenters. The summed E-state index contributed by atoms with van der Waals surface area (Å²) in [5.74, 6) is 1.29. The molecule has 1 N–H and O–H groups in total. The Morgan fingerprint density at radius 1 is 1.14 bits per heavy atom. The van der Waals surface area contributed by atoms with Gasteiger partial charge in [0.1, 0.15) is 0 Å². The van der Waals surface area contributed by atoms with E-state index >= 15 is 0 Å². The smallest absolute Gasteiger partial charge is 0.253 e. The molecule has 1 aromatic carbocycles. The minimum absolute atomic E-state index is 0.0483. The van der Waals surface area contributed by atoms with E-state index in [1.54, 1.807) is 0 Å². The van der Waals surface area contributed by atoms with Gasteiger partial charge in [0.05, 0.1) is 6.04 Å². The Morgan fingerprint density at radius 3 is 2.45 bits per heavy atom. The number of benzene rings is 1. The number of carbonyl (C=O) groups is 2. The predicted octanol–water partition coefficient (Wildman–Crippen LogP) is 3.93. The van der Waals surface area contributed by atoms with Crippen molar-refractivity contribution in [3.05, 3.63) is 34.3 Å². The van der Waals surface area contributed by atoms with E-state index in [1.165, 1.54) is 12.8 Å². The maximum atomic E-state index is 13.0. The lowest BCUT2D eigenvalue weighted by molar-refractivity contribution is -0.129. The summed E-state index contributed by atoms with van der Waals surface area (Å²) in [6.07, 6.45) is 5.74. The maximum absolute atomic E-state index is 13.0. The van der Waals surface area contributed by atoms with E-state index in [4.69, 9.17) is 0 Å². The summed E-state index contributed by atoms with van der Waals surface area (Å²) in [6.45, 7) is 7.99. The van der Waals surface area contributed by atoms with Gasteiger partial charge in [-0.25, -0.2) is 0 Å². The molecule has 1 saturated carbocycles. The van der Waals surface area contributed by atoms with E-state index < -0.39 is 0 Å². The number of hydrogen-bond acceptors (Lipinski definition) is 3. The molecule has 2 aliphatic rings. The quantitative estimate of drug-likeness (QED) is 0.666. The highest BCUT2D eigenvalue weighted by Gasteiger charge is 2.37. The molecule has 1 saturated heterocycles. The van der Waals surface area contributed by atoms with Gasteiger partial charge >= 0.3 is 0 Å². The Hall–Kier alpha value is -1.40. The highest BCUT2D eigenvalue weighted by molar-refractivity contribution is 9.10. The van der Waals surface area contributed by atoms with Gasteiger partial charge in [0.2, 0.25) is 5.91 Å². The van der Waals surface area contributed by atoms with Crippen LogP contribution in [0.2, 0.25) is 0 Å². The van der Waals surface area contributed by atoms with Crippen LogP contribution in [-0.4, -0.2) is 60.4 Å². The van der Waals surface area contributed by atoms with Gasteiger partial charge in [-0.2, -0.15) is 0 Å². The number of halogens is 1. The number of piperazine rings is 1. The molecule has 1 atom stereocenters. The van der Waals surface area contributed by atoms with Crippen molar-refractivity contribution in [1.29, 1.82) is 0 Å². The Labute approximate surface area is 183 Å². The average molecular weight is 464 g/mol. The normalized spacial score (nSPS) is 19.5. The van der Waals surface area contributed by atoms with Crippen LogP contribution in [0.3, 0.4) is 0 Å². The number of nitrogens with zero attached hydrogens (tertiary/aromatic N) is 2. The second-order valence-corrected chi connectivity index (χ2v) is 9.72. The van der Waals surface area contributed by atoms with E-state index in [1.807, 2.05) is 29.2 Å². The topological polar surface area (TPSA) is 52.7 Å². The molecule has 1 aliphatic heterocycles. The van der Waals surface area contributed by atoms with Crippen LogP contribution in [0.15, 0.2) is 28.7 Å². The van der Waals surface area contributed by atoms with Crippen LogP contribution in [0.1, 0.15) is 56.3 Å². The summed E-state index contributed by atoms with van der Waals surface area (Å²) >= 11 is 3.44. The van der Waals surface area contributed by atoms with Crippen LogP contribution in [0.4, 0.5) is 0 Å². The van der Waals surface area contributed by atoms with Crippen molar-refractivity contribution in [3.8, 4) is 0 Å². The molecule has 160 valence electrons. The minimum atomic E-state index is -0.0483. The number of rotatable bonds is 7. The van der Waals surface area contributed by atoms with Crippen LogP contribution < -0.4 is 5.32 Å². The van der Waals surface area contributed by atoms with Gasteiger partial charge in [-0.3, -0.25) is 14.5 Å². The van der Waals surface area contributed by atoms with Crippen molar-refractivity contribution in [2.24, 2.45) is 11.8 Å². The SMILES string of the molecule is CC(C)CCNC(=O)[C@H](C1CCCC1)N1CCN(C(=O)c2cccc(Br)c2)CC1. The van der Waals surface area contributed by atoms with Gasteiger partial charge in [0, 0.05) is 42.8 Å². The molecule has 1 heterocycles. The van der Waals surface area contributed by atoms with Crippen LogP contribution in [-0.2, 0) is 4.79 Å². The number of carbonyl (C=O) groups excluding carboxylic acids is 2. The molecule has 0 bridgehead atoms. The lowest BCUT2D eigenvalue weighted by atomic mass is 9.94. The van der Waals surface area contributed by atoms with Crippen LogP contribution in [0.25, 0.3) is 0 Å². The van der Waals surface area contributed by atoms with Crippen LogP contribution in [0.5, 0.6) is 0 Å². The van der Waals surface area contributed by atoms with Crippen molar-refractivity contribution in [2.75, 3.05) is 32.7 Å². The van der Waals surface area contributed by atoms with Crippen molar-refractivity contribution in [2.45, 2.75) is 52.0 Å². The van der Waals surface area contributed by atoms with Gasteiger partial charge in [0.15, 0.2) is 0 Å². The minimum Gasteiger partial charge on any atom is -0.355 e. The standard InChI is InChI=1S/C23H34BrN3O2/c1-17(2)10-11-25-22(28)21(18-6-3-4-7-18)26-12-14-27(15-13-26)23(29)19-8-5-9-20(24)16-19/h5,8-9,16-18,21H,3-4,6-7,10-15H2,1-2H3,(H,25,28)/t21-/m0/s1. The molecule has 0 spiro atoms. The Morgan fingerprint density at radius 2 is 1.83 bits per heavy atom. The summed E-state index contributed by atoms with van der Waals surface area (Å²) in [5.41, 5.74) is 0.714. The number of amides is 2. The predicted molar refractivity (Wildman–Crippen MR) is 120 cm³/mol. The van der Waals surface area contributed by atoms with Crippen molar-refractivity contribution in [3.63, 3.8) is 0 Å². The molecule has 1 aromatic rings. The molecule has 0 radical (unpaired) electrons. The number of nitrogens with one attached hydrogen (secondary N) is 1. The third-order valence-electron chi connectivity index (χ3n) is 6.20. The third kappa shape index (κ3) is 6.05. The Balaban J connectivity index is 1.60. The fraction of sp³-hybridized carbons (Fsp3) is 0.652. The summed E-state index contributed by atoms with van der Waals surface area (Å²) in [5, 5.41) is 3.19. The highest BCUT2D eigenvalue weighted by Crippen LogP contribution is 2.31. The van der Waals surface area contributed by atoms with Gasteiger partial charge in [-0.1, -0.05) is 48.7 Å². The van der Waals surface area contributed by atoms with Crippen LogP contribution >= 0.6 is 15.9 Å². The number of hydrogen-bond donors (Lipinski definition) is 1. The average Bonchev–Trinajstić information content (AvgIpc) is 3.22. The zero-order chi connectivity index (χ0) is 20.8. The lowest BCUT2D eigenvalue weighted by Gasteiger charge is -2.40. The molecule has 29 heavy (non-hydrogen) atoms. The molecule has 2 fully saturated rings. The molecule has 3 rings (SSSR count). The fourth-order valence-corrected chi connectivity index (χ4v) is 4.95. The molecule has 1 aliphatic carbocycles. The maximum Gasteiger partial charge on any atom is 0.253 e. The summed E-state index contributed by atoms with van der Waals surface area (Å²) in [6, 6.07) is 7.51. The fourth-order valence-electron chi connectivity index (χ4n) is 4.55. The lowest BCUT2D eigenvalue weighted by Crippen LogP contribution is -2.58. The summed E-state index contributed by atoms with van der Waals surface area (Å²) in [7, 11) is 0. The zero-order valence-electron chi connectivity index (χ0n) is 17.7.